The Kier molecular flexibility index (Phi) is 3.46. The second-order valence-electron chi connectivity index (χ2n) is 5.30. The maximum absolute atomic E-state index is 12.5. The van der Waals surface area contributed by atoms with E-state index in [1.165, 1.54) is 25.7 Å². The molecule has 2 fully saturated rings. The van der Waals surface area contributed by atoms with Gasteiger partial charge in [-0.15, -0.1) is 0 Å². The molecule has 0 radical (unpaired) electrons. The number of benzene rings is 1. The number of hydrogen-bond donors (Lipinski definition) is 1. The van der Waals surface area contributed by atoms with Crippen LogP contribution in [0.15, 0.2) is 29.2 Å². The zero-order valence-corrected chi connectivity index (χ0v) is 10.9. The zero-order valence-electron chi connectivity index (χ0n) is 10.1. The number of rotatable bonds is 4. The zero-order chi connectivity index (χ0) is 12.5. The highest BCUT2D eigenvalue weighted by Gasteiger charge is 2.39. The number of para-hydroxylation sites is 1. The van der Waals surface area contributed by atoms with E-state index >= 15 is 0 Å². The molecule has 3 unspecified atom stereocenters. The maximum atomic E-state index is 12.5. The van der Waals surface area contributed by atoms with Gasteiger partial charge in [0.15, 0.2) is 0 Å². The van der Waals surface area contributed by atoms with Crippen LogP contribution in [0.5, 0.6) is 0 Å². The van der Waals surface area contributed by atoms with Gasteiger partial charge in [-0.3, -0.25) is 0 Å². The number of hydrogen-bond acceptors (Lipinski definition) is 2. The molecule has 1 aromatic carbocycles. The summed E-state index contributed by atoms with van der Waals surface area (Å²) in [5.41, 5.74) is 0.875. The molecule has 98 valence electrons. The van der Waals surface area contributed by atoms with Crippen LogP contribution in [-0.4, -0.2) is 11.8 Å². The van der Waals surface area contributed by atoms with E-state index < -0.39 is 5.76 Å². The maximum Gasteiger partial charge on any atom is 0.288 e. The Hall–Kier alpha value is -0.770. The molecule has 1 nitrogen and oxygen atoms in total. The van der Waals surface area contributed by atoms with Crippen molar-refractivity contribution < 1.29 is 8.78 Å². The van der Waals surface area contributed by atoms with Gasteiger partial charge in [0.25, 0.3) is 5.76 Å². The van der Waals surface area contributed by atoms with Gasteiger partial charge in [0.1, 0.15) is 0 Å². The minimum absolute atomic E-state index is 0.489. The summed E-state index contributed by atoms with van der Waals surface area (Å²) in [6.45, 7) is 0. The molecule has 3 rings (SSSR count). The third-order valence-electron chi connectivity index (χ3n) is 4.18. The van der Waals surface area contributed by atoms with Crippen LogP contribution in [0.1, 0.15) is 25.7 Å². The summed E-state index contributed by atoms with van der Waals surface area (Å²) in [5.74, 6) is -0.741. The van der Waals surface area contributed by atoms with E-state index in [2.05, 4.69) is 5.32 Å². The highest BCUT2D eigenvalue weighted by atomic mass is 32.2. The Labute approximate surface area is 110 Å². The van der Waals surface area contributed by atoms with Crippen molar-refractivity contribution in [1.29, 1.82) is 0 Å². The van der Waals surface area contributed by atoms with Crippen molar-refractivity contribution in [3.63, 3.8) is 0 Å². The second-order valence-corrected chi connectivity index (χ2v) is 6.33. The van der Waals surface area contributed by atoms with Crippen molar-refractivity contribution in [2.75, 3.05) is 5.32 Å². The number of alkyl halides is 2. The Bertz CT molecular complexity index is 424. The van der Waals surface area contributed by atoms with E-state index in [1.807, 2.05) is 18.2 Å². The lowest BCUT2D eigenvalue weighted by Gasteiger charge is -2.25. The molecule has 2 aliphatic carbocycles. The van der Waals surface area contributed by atoms with Gasteiger partial charge in [-0.25, -0.2) is 0 Å². The monoisotopic (exact) mass is 269 g/mol. The fraction of sp³-hybridized carbons (Fsp3) is 0.571. The van der Waals surface area contributed by atoms with Crippen LogP contribution in [0.25, 0.3) is 0 Å². The minimum atomic E-state index is -2.35. The molecular weight excluding hydrogens is 252 g/mol. The summed E-state index contributed by atoms with van der Waals surface area (Å²) in [7, 11) is 0. The van der Waals surface area contributed by atoms with Crippen LogP contribution in [0.3, 0.4) is 0 Å². The SMILES string of the molecule is FC(F)Sc1ccccc1NC1CC2CCC1C2. The fourth-order valence-corrected chi connectivity index (χ4v) is 4.01. The van der Waals surface area contributed by atoms with E-state index in [1.54, 1.807) is 6.07 Å². The summed E-state index contributed by atoms with van der Waals surface area (Å²) in [6, 6.07) is 7.90. The molecule has 0 aromatic heterocycles. The molecule has 18 heavy (non-hydrogen) atoms. The van der Waals surface area contributed by atoms with Crippen molar-refractivity contribution in [3.8, 4) is 0 Å². The van der Waals surface area contributed by atoms with Gasteiger partial charge in [0.05, 0.1) is 0 Å². The van der Waals surface area contributed by atoms with Crippen molar-refractivity contribution in [2.24, 2.45) is 11.8 Å². The first kappa shape index (κ1) is 12.3. The summed E-state index contributed by atoms with van der Waals surface area (Å²) >= 11 is 0.633. The van der Waals surface area contributed by atoms with Gasteiger partial charge >= 0.3 is 0 Å². The molecule has 0 aliphatic heterocycles. The number of nitrogens with one attached hydrogen (secondary N) is 1. The van der Waals surface area contributed by atoms with E-state index in [-0.39, 0.29) is 0 Å². The summed E-state index contributed by atoms with van der Waals surface area (Å²) < 4.78 is 25.0. The van der Waals surface area contributed by atoms with Crippen molar-refractivity contribution in [3.05, 3.63) is 24.3 Å². The molecule has 4 heteroatoms. The van der Waals surface area contributed by atoms with Gasteiger partial charge in [0.2, 0.25) is 0 Å². The van der Waals surface area contributed by atoms with Crippen LogP contribution < -0.4 is 5.32 Å². The smallest absolute Gasteiger partial charge is 0.288 e. The number of anilines is 1. The lowest BCUT2D eigenvalue weighted by molar-refractivity contribution is 0.252. The molecule has 3 atom stereocenters. The highest BCUT2D eigenvalue weighted by molar-refractivity contribution is 7.99. The lowest BCUT2D eigenvalue weighted by atomic mass is 9.95. The number of fused-ring (bicyclic) bond motifs is 2. The Morgan fingerprint density at radius 3 is 2.67 bits per heavy atom. The third-order valence-corrected chi connectivity index (χ3v) is 4.97. The average Bonchev–Trinajstić information content (AvgIpc) is 2.93. The molecule has 0 heterocycles. The van der Waals surface area contributed by atoms with Gasteiger partial charge in [0, 0.05) is 16.6 Å². The average molecular weight is 269 g/mol. The molecule has 2 aliphatic rings. The lowest BCUT2D eigenvalue weighted by Crippen LogP contribution is -2.26. The minimum Gasteiger partial charge on any atom is -0.381 e. The molecule has 0 saturated heterocycles. The topological polar surface area (TPSA) is 12.0 Å². The van der Waals surface area contributed by atoms with E-state index in [9.17, 15) is 8.78 Å². The first-order valence-electron chi connectivity index (χ1n) is 6.53. The molecule has 0 amide bonds. The van der Waals surface area contributed by atoms with Crippen LogP contribution in [0.2, 0.25) is 0 Å². The summed E-state index contributed by atoms with van der Waals surface area (Å²) in [4.78, 5) is 0.662. The highest BCUT2D eigenvalue weighted by Crippen LogP contribution is 2.46. The van der Waals surface area contributed by atoms with Crippen molar-refractivity contribution >= 4 is 17.4 Å². The Balaban J connectivity index is 1.72. The van der Waals surface area contributed by atoms with Crippen LogP contribution in [-0.2, 0) is 0 Å². The quantitative estimate of drug-likeness (QED) is 0.802. The van der Waals surface area contributed by atoms with Gasteiger partial charge in [-0.1, -0.05) is 30.3 Å². The van der Waals surface area contributed by atoms with Crippen LogP contribution in [0, 0.1) is 11.8 Å². The van der Waals surface area contributed by atoms with Gasteiger partial charge < -0.3 is 5.32 Å². The molecule has 1 N–H and O–H groups in total. The molecular formula is C14H17F2NS. The summed E-state index contributed by atoms with van der Waals surface area (Å²) in [6.07, 6.45) is 5.18. The predicted octanol–water partition coefficient (Wildman–Crippen LogP) is 4.60. The van der Waals surface area contributed by atoms with Gasteiger partial charge in [-0.05, 0) is 43.2 Å². The first-order chi connectivity index (χ1) is 8.72. The molecule has 0 spiro atoms. The Morgan fingerprint density at radius 2 is 2.00 bits per heavy atom. The van der Waals surface area contributed by atoms with Gasteiger partial charge in [-0.2, -0.15) is 8.78 Å². The van der Waals surface area contributed by atoms with E-state index in [0.717, 1.165) is 17.5 Å². The largest absolute Gasteiger partial charge is 0.381 e. The van der Waals surface area contributed by atoms with Crippen LogP contribution >= 0.6 is 11.8 Å². The van der Waals surface area contributed by atoms with Crippen molar-refractivity contribution in [2.45, 2.75) is 42.4 Å². The Morgan fingerprint density at radius 1 is 1.17 bits per heavy atom. The molecule has 2 bridgehead atoms. The third kappa shape index (κ3) is 2.48. The summed E-state index contributed by atoms with van der Waals surface area (Å²) in [5, 5.41) is 3.49. The van der Waals surface area contributed by atoms with E-state index in [4.69, 9.17) is 0 Å². The number of halogens is 2. The fourth-order valence-electron chi connectivity index (χ4n) is 3.41. The molecule has 2 saturated carbocycles. The predicted molar refractivity (Wildman–Crippen MR) is 71.2 cm³/mol. The van der Waals surface area contributed by atoms with E-state index in [0.29, 0.717) is 22.7 Å². The first-order valence-corrected chi connectivity index (χ1v) is 7.40. The van der Waals surface area contributed by atoms with Crippen molar-refractivity contribution in [1.82, 2.24) is 0 Å². The molecule has 1 aromatic rings. The second kappa shape index (κ2) is 5.08. The normalized spacial score (nSPS) is 30.1. The van der Waals surface area contributed by atoms with Crippen LogP contribution in [0.4, 0.5) is 14.5 Å². The number of thioether (sulfide) groups is 1. The standard InChI is InChI=1S/C14H17F2NS/c15-14(16)18-13-4-2-1-3-11(13)17-12-8-9-5-6-10(12)7-9/h1-4,9-10,12,14,17H,5-8H2.